The first-order valence-electron chi connectivity index (χ1n) is 8.54. The number of carbonyl (C=O) groups is 1. The molecular formula is C19H23N3O6. The number of rotatable bonds is 9. The summed E-state index contributed by atoms with van der Waals surface area (Å²) < 4.78 is 10.4. The molecule has 0 aliphatic rings. The van der Waals surface area contributed by atoms with Gasteiger partial charge in [0.1, 0.15) is 11.5 Å². The van der Waals surface area contributed by atoms with Crippen molar-refractivity contribution in [2.75, 3.05) is 26.1 Å². The van der Waals surface area contributed by atoms with Crippen LogP contribution in [0.4, 0.5) is 11.4 Å². The van der Waals surface area contributed by atoms with Crippen molar-refractivity contribution in [3.8, 4) is 11.5 Å². The number of aliphatic hydroxyl groups is 1. The highest BCUT2D eigenvalue weighted by molar-refractivity contribution is 6.00. The first-order valence-corrected chi connectivity index (χ1v) is 8.54. The molecule has 28 heavy (non-hydrogen) atoms. The fraction of sp³-hybridized carbons (Fsp3) is 0.316. The number of carbonyl (C=O) groups excluding carboxylic acids is 1. The van der Waals surface area contributed by atoms with E-state index in [4.69, 9.17) is 9.47 Å². The van der Waals surface area contributed by atoms with Gasteiger partial charge in [0, 0.05) is 36.5 Å². The van der Waals surface area contributed by atoms with Crippen LogP contribution < -0.4 is 20.1 Å². The summed E-state index contributed by atoms with van der Waals surface area (Å²) in [5, 5.41) is 26.0. The summed E-state index contributed by atoms with van der Waals surface area (Å²) in [4.78, 5) is 23.2. The van der Waals surface area contributed by atoms with Crippen molar-refractivity contribution in [1.82, 2.24) is 5.32 Å². The number of nitrogens with one attached hydrogen (secondary N) is 2. The summed E-state index contributed by atoms with van der Waals surface area (Å²) in [7, 11) is 3.06. The smallest absolute Gasteiger partial charge is 0.270 e. The van der Waals surface area contributed by atoms with Gasteiger partial charge in [-0.1, -0.05) is 0 Å². The van der Waals surface area contributed by atoms with Crippen molar-refractivity contribution in [3.63, 3.8) is 0 Å². The number of benzene rings is 2. The van der Waals surface area contributed by atoms with E-state index in [2.05, 4.69) is 10.6 Å². The molecule has 2 rings (SSSR count). The second-order valence-electron chi connectivity index (χ2n) is 6.12. The van der Waals surface area contributed by atoms with Gasteiger partial charge in [-0.2, -0.15) is 0 Å². The van der Waals surface area contributed by atoms with Crippen molar-refractivity contribution < 1.29 is 24.3 Å². The van der Waals surface area contributed by atoms with E-state index in [0.717, 1.165) is 5.56 Å². The molecule has 0 aliphatic carbocycles. The molecule has 0 heterocycles. The van der Waals surface area contributed by atoms with Gasteiger partial charge >= 0.3 is 0 Å². The Kier molecular flexibility index (Phi) is 7.16. The van der Waals surface area contributed by atoms with Crippen LogP contribution in [-0.4, -0.2) is 42.8 Å². The number of hydrogen-bond donors (Lipinski definition) is 3. The van der Waals surface area contributed by atoms with Gasteiger partial charge in [0.2, 0.25) is 0 Å². The molecule has 2 aromatic carbocycles. The number of nitro groups is 1. The summed E-state index contributed by atoms with van der Waals surface area (Å²) in [6.07, 6.45) is 0. The third-order valence-electron chi connectivity index (χ3n) is 4.00. The lowest BCUT2D eigenvalue weighted by Gasteiger charge is -2.16. The van der Waals surface area contributed by atoms with Crippen LogP contribution in [0.25, 0.3) is 0 Å². The summed E-state index contributed by atoms with van der Waals surface area (Å²) in [6, 6.07) is 8.85. The van der Waals surface area contributed by atoms with E-state index in [0.29, 0.717) is 17.2 Å². The Labute approximate surface area is 162 Å². The molecular weight excluding hydrogens is 366 g/mol. The Bertz CT molecular complexity index is 833. The summed E-state index contributed by atoms with van der Waals surface area (Å²) in [5.74, 6) is 0.675. The number of nitro benzene ring substituents is 1. The number of non-ortho nitro benzene ring substituents is 1. The van der Waals surface area contributed by atoms with Crippen molar-refractivity contribution in [2.24, 2.45) is 0 Å². The van der Waals surface area contributed by atoms with Gasteiger partial charge in [-0.25, -0.2) is 0 Å². The first-order chi connectivity index (χ1) is 13.4. The molecule has 150 valence electrons. The molecule has 1 atom stereocenters. The van der Waals surface area contributed by atoms with E-state index in [9.17, 15) is 20.0 Å². The molecule has 9 heteroatoms. The predicted octanol–water partition coefficient (Wildman–Crippen LogP) is 2.33. The molecule has 0 spiro atoms. The zero-order valence-electron chi connectivity index (χ0n) is 15.9. The molecule has 0 fully saturated rings. The third kappa shape index (κ3) is 5.34. The van der Waals surface area contributed by atoms with Crippen LogP contribution in [0, 0.1) is 10.1 Å². The number of hydrogen-bond acceptors (Lipinski definition) is 7. The van der Waals surface area contributed by atoms with Crippen molar-refractivity contribution >= 4 is 17.3 Å². The van der Waals surface area contributed by atoms with Crippen LogP contribution in [0.1, 0.15) is 22.8 Å². The molecule has 0 radical (unpaired) electrons. The monoisotopic (exact) mass is 389 g/mol. The molecule has 1 amide bonds. The van der Waals surface area contributed by atoms with Gasteiger partial charge in [0.25, 0.3) is 11.6 Å². The van der Waals surface area contributed by atoms with Crippen LogP contribution in [-0.2, 0) is 6.54 Å². The van der Waals surface area contributed by atoms with Gasteiger partial charge < -0.3 is 25.2 Å². The fourth-order valence-corrected chi connectivity index (χ4v) is 2.52. The molecule has 1 unspecified atom stereocenters. The highest BCUT2D eigenvalue weighted by atomic mass is 16.6. The Morgan fingerprint density at radius 2 is 1.82 bits per heavy atom. The van der Waals surface area contributed by atoms with Crippen LogP contribution in [0.5, 0.6) is 11.5 Å². The second kappa shape index (κ2) is 9.56. The zero-order chi connectivity index (χ0) is 20.7. The number of ether oxygens (including phenoxy) is 2. The van der Waals surface area contributed by atoms with Crippen molar-refractivity contribution in [3.05, 3.63) is 57.6 Å². The van der Waals surface area contributed by atoms with Crippen LogP contribution in [0.2, 0.25) is 0 Å². The topological polar surface area (TPSA) is 123 Å². The highest BCUT2D eigenvalue weighted by Crippen LogP contribution is 2.24. The van der Waals surface area contributed by atoms with Gasteiger partial charge in [-0.05, 0) is 30.7 Å². The standard InChI is InChI=1S/C19H23N3O6/c1-12(11-23)21-18-5-4-14(22(25)26)8-17(18)19(24)20-10-13-6-15(27-2)9-16(7-13)28-3/h4-9,12,21,23H,10-11H2,1-3H3,(H,20,24). The van der Waals surface area contributed by atoms with E-state index in [-0.39, 0.29) is 30.4 Å². The number of nitrogens with zero attached hydrogens (tertiary/aromatic N) is 1. The van der Waals surface area contributed by atoms with Crippen LogP contribution >= 0.6 is 0 Å². The summed E-state index contributed by atoms with van der Waals surface area (Å²) in [5.41, 5.74) is 1.06. The Morgan fingerprint density at radius 1 is 1.18 bits per heavy atom. The molecule has 9 nitrogen and oxygen atoms in total. The normalized spacial score (nSPS) is 11.4. The summed E-state index contributed by atoms with van der Waals surface area (Å²) in [6.45, 7) is 1.75. The van der Waals surface area contributed by atoms with Gasteiger partial charge in [0.05, 0.1) is 31.3 Å². The average Bonchev–Trinajstić information content (AvgIpc) is 2.71. The van der Waals surface area contributed by atoms with Gasteiger partial charge in [0.15, 0.2) is 0 Å². The molecule has 0 aromatic heterocycles. The number of anilines is 1. The first kappa shape index (κ1) is 21.0. The SMILES string of the molecule is COc1cc(CNC(=O)c2cc([N+](=O)[O-])ccc2NC(C)CO)cc(OC)c1. The van der Waals surface area contributed by atoms with Gasteiger partial charge in [-0.15, -0.1) is 0 Å². The zero-order valence-corrected chi connectivity index (χ0v) is 15.9. The maximum Gasteiger partial charge on any atom is 0.270 e. The quantitative estimate of drug-likeness (QED) is 0.444. The number of methoxy groups -OCH3 is 2. The lowest BCUT2D eigenvalue weighted by Crippen LogP contribution is -2.26. The Hall–Kier alpha value is -3.33. The third-order valence-corrected chi connectivity index (χ3v) is 4.00. The second-order valence-corrected chi connectivity index (χ2v) is 6.12. The van der Waals surface area contributed by atoms with Gasteiger partial charge in [-0.3, -0.25) is 14.9 Å². The largest absolute Gasteiger partial charge is 0.497 e. The van der Waals surface area contributed by atoms with E-state index in [1.807, 2.05) is 0 Å². The Morgan fingerprint density at radius 3 is 2.36 bits per heavy atom. The van der Waals surface area contributed by atoms with E-state index in [1.165, 1.54) is 32.4 Å². The van der Waals surface area contributed by atoms with E-state index < -0.39 is 10.8 Å². The molecule has 0 saturated heterocycles. The lowest BCUT2D eigenvalue weighted by atomic mass is 10.1. The molecule has 0 saturated carbocycles. The minimum Gasteiger partial charge on any atom is -0.497 e. The van der Waals surface area contributed by atoms with Crippen LogP contribution in [0.3, 0.4) is 0 Å². The highest BCUT2D eigenvalue weighted by Gasteiger charge is 2.18. The summed E-state index contributed by atoms with van der Waals surface area (Å²) >= 11 is 0. The van der Waals surface area contributed by atoms with E-state index in [1.54, 1.807) is 25.1 Å². The average molecular weight is 389 g/mol. The number of amides is 1. The minimum atomic E-state index is -0.567. The van der Waals surface area contributed by atoms with Crippen molar-refractivity contribution in [2.45, 2.75) is 19.5 Å². The van der Waals surface area contributed by atoms with E-state index >= 15 is 0 Å². The molecule has 0 bridgehead atoms. The lowest BCUT2D eigenvalue weighted by molar-refractivity contribution is -0.384. The molecule has 3 N–H and O–H groups in total. The molecule has 0 aliphatic heterocycles. The van der Waals surface area contributed by atoms with Crippen molar-refractivity contribution in [1.29, 1.82) is 0 Å². The maximum atomic E-state index is 12.7. The number of aliphatic hydroxyl groups excluding tert-OH is 1. The maximum absolute atomic E-state index is 12.7. The molecule has 2 aromatic rings. The minimum absolute atomic E-state index is 0.115. The Balaban J connectivity index is 2.24. The fourth-order valence-electron chi connectivity index (χ4n) is 2.52. The predicted molar refractivity (Wildman–Crippen MR) is 104 cm³/mol. The van der Waals surface area contributed by atoms with Crippen LogP contribution in [0.15, 0.2) is 36.4 Å².